The van der Waals surface area contributed by atoms with Gasteiger partial charge in [-0.05, 0) is 42.5 Å². The first-order valence-corrected chi connectivity index (χ1v) is 12.5. The minimum atomic E-state index is -1.07. The fraction of sp³-hybridized carbons (Fsp3) is 0.357. The number of carbonyl (C=O) groups is 2. The summed E-state index contributed by atoms with van der Waals surface area (Å²) in [5.41, 5.74) is -0.505. The number of rotatable bonds is 6. The number of hydrogen-bond donors (Lipinski definition) is 0. The molecular formula is C28H26F3N3O4. The van der Waals surface area contributed by atoms with Crippen molar-refractivity contribution in [1.82, 2.24) is 14.7 Å². The van der Waals surface area contributed by atoms with E-state index in [4.69, 9.17) is 4.74 Å². The Bertz CT molecular complexity index is 1450. The molecule has 2 aromatic carbocycles. The second kappa shape index (κ2) is 10.1. The van der Waals surface area contributed by atoms with Crippen molar-refractivity contribution in [3.63, 3.8) is 0 Å². The Balaban J connectivity index is 1.75. The SMILES string of the molecule is CC(C)CC(=O)Oc1c2n(ncc1=O)[C@@H]([C@H](c1ccc(F)cc1)c1cccc(F)c1F)[C@H]1CCCN1C2=O. The highest BCUT2D eigenvalue weighted by atomic mass is 19.2. The maximum Gasteiger partial charge on any atom is 0.311 e. The highest BCUT2D eigenvalue weighted by Crippen LogP contribution is 2.46. The number of fused-ring (bicyclic) bond motifs is 2. The van der Waals surface area contributed by atoms with Crippen LogP contribution in [0.2, 0.25) is 0 Å². The number of benzene rings is 2. The third-order valence-corrected chi connectivity index (χ3v) is 7.08. The van der Waals surface area contributed by atoms with Gasteiger partial charge < -0.3 is 9.64 Å². The summed E-state index contributed by atoms with van der Waals surface area (Å²) in [6, 6.07) is 7.92. The number of amides is 1. The van der Waals surface area contributed by atoms with Gasteiger partial charge in [-0.3, -0.25) is 14.4 Å². The number of carbonyl (C=O) groups excluding carboxylic acids is 2. The molecule has 2 aliphatic rings. The molecule has 3 atom stereocenters. The average molecular weight is 526 g/mol. The molecule has 0 N–H and O–H groups in total. The summed E-state index contributed by atoms with van der Waals surface area (Å²) in [5.74, 6) is -5.25. The third-order valence-electron chi connectivity index (χ3n) is 7.08. The summed E-state index contributed by atoms with van der Waals surface area (Å²) in [7, 11) is 0. The largest absolute Gasteiger partial charge is 0.420 e. The van der Waals surface area contributed by atoms with E-state index < -0.39 is 58.5 Å². The van der Waals surface area contributed by atoms with Crippen LogP contribution in [0.3, 0.4) is 0 Å². The van der Waals surface area contributed by atoms with Crippen molar-refractivity contribution in [2.75, 3.05) is 6.54 Å². The second-order valence-corrected chi connectivity index (χ2v) is 10.1. The molecule has 3 heterocycles. The Hall–Kier alpha value is -3.95. The van der Waals surface area contributed by atoms with E-state index in [0.717, 1.165) is 12.3 Å². The number of esters is 1. The molecule has 38 heavy (non-hydrogen) atoms. The first-order chi connectivity index (χ1) is 18.2. The Morgan fingerprint density at radius 3 is 2.55 bits per heavy atom. The van der Waals surface area contributed by atoms with Gasteiger partial charge in [0.1, 0.15) is 5.82 Å². The van der Waals surface area contributed by atoms with Gasteiger partial charge in [0.25, 0.3) is 5.91 Å². The first-order valence-electron chi connectivity index (χ1n) is 12.5. The van der Waals surface area contributed by atoms with Crippen molar-refractivity contribution in [2.24, 2.45) is 5.92 Å². The van der Waals surface area contributed by atoms with Crippen molar-refractivity contribution in [3.8, 4) is 5.75 Å². The van der Waals surface area contributed by atoms with Crippen LogP contribution in [0.15, 0.2) is 53.5 Å². The first kappa shape index (κ1) is 25.7. The molecule has 2 aliphatic heterocycles. The summed E-state index contributed by atoms with van der Waals surface area (Å²) in [4.78, 5) is 40.6. The van der Waals surface area contributed by atoms with Gasteiger partial charge in [-0.1, -0.05) is 38.1 Å². The molecule has 0 spiro atoms. The number of hydrogen-bond acceptors (Lipinski definition) is 5. The van der Waals surface area contributed by atoms with Gasteiger partial charge in [-0.25, -0.2) is 17.9 Å². The lowest BCUT2D eigenvalue weighted by atomic mass is 9.79. The van der Waals surface area contributed by atoms with Gasteiger partial charge in [-0.15, -0.1) is 0 Å². The van der Waals surface area contributed by atoms with Crippen LogP contribution in [-0.4, -0.2) is 39.1 Å². The summed E-state index contributed by atoms with van der Waals surface area (Å²) in [6.07, 6.45) is 2.16. The fourth-order valence-corrected chi connectivity index (χ4v) is 5.51. The molecular weight excluding hydrogens is 499 g/mol. The molecule has 1 amide bonds. The predicted molar refractivity (Wildman–Crippen MR) is 131 cm³/mol. The van der Waals surface area contributed by atoms with E-state index in [1.165, 1.54) is 41.1 Å². The Morgan fingerprint density at radius 1 is 1.11 bits per heavy atom. The van der Waals surface area contributed by atoms with Crippen LogP contribution in [0, 0.1) is 23.4 Å². The Morgan fingerprint density at radius 2 is 1.84 bits per heavy atom. The van der Waals surface area contributed by atoms with Gasteiger partial charge >= 0.3 is 5.97 Å². The number of halogens is 3. The molecule has 0 saturated carbocycles. The molecule has 5 rings (SSSR count). The van der Waals surface area contributed by atoms with Crippen molar-refractivity contribution in [2.45, 2.75) is 51.1 Å². The molecule has 0 bridgehead atoms. The second-order valence-electron chi connectivity index (χ2n) is 10.1. The topological polar surface area (TPSA) is 81.5 Å². The van der Waals surface area contributed by atoms with Gasteiger partial charge in [-0.2, -0.15) is 5.10 Å². The van der Waals surface area contributed by atoms with E-state index in [9.17, 15) is 23.2 Å². The van der Waals surface area contributed by atoms with Gasteiger partial charge in [0.15, 0.2) is 17.3 Å². The maximum absolute atomic E-state index is 15.3. The molecule has 198 valence electrons. The fourth-order valence-electron chi connectivity index (χ4n) is 5.51. The zero-order valence-corrected chi connectivity index (χ0v) is 20.9. The van der Waals surface area contributed by atoms with E-state index in [1.807, 2.05) is 13.8 Å². The normalized spacial score (nSPS) is 19.3. The number of nitrogens with zero attached hydrogens (tertiary/aromatic N) is 3. The number of ether oxygens (including phenoxy) is 1. The minimum Gasteiger partial charge on any atom is -0.420 e. The van der Waals surface area contributed by atoms with Crippen LogP contribution >= 0.6 is 0 Å². The zero-order valence-electron chi connectivity index (χ0n) is 20.9. The lowest BCUT2D eigenvalue weighted by Gasteiger charge is -2.42. The van der Waals surface area contributed by atoms with E-state index in [0.29, 0.717) is 24.9 Å². The molecule has 0 aliphatic carbocycles. The van der Waals surface area contributed by atoms with Gasteiger partial charge in [0.2, 0.25) is 11.2 Å². The average Bonchev–Trinajstić information content (AvgIpc) is 3.36. The molecule has 3 aromatic rings. The minimum absolute atomic E-state index is 0.00684. The van der Waals surface area contributed by atoms with E-state index in [1.54, 1.807) is 4.90 Å². The van der Waals surface area contributed by atoms with E-state index >= 15 is 4.39 Å². The summed E-state index contributed by atoms with van der Waals surface area (Å²) >= 11 is 0. The number of aromatic nitrogens is 2. The van der Waals surface area contributed by atoms with Crippen LogP contribution in [-0.2, 0) is 4.79 Å². The van der Waals surface area contributed by atoms with Crippen LogP contribution in [0.1, 0.15) is 66.7 Å². The lowest BCUT2D eigenvalue weighted by Crippen LogP contribution is -2.51. The standard InChI is InChI=1S/C28H26F3N3O4/c1-15(2)13-22(36)38-27-21(35)14-32-34-25(20-7-4-12-33(20)28(37)26(27)34)23(16-8-10-17(29)11-9-16)18-5-3-6-19(30)24(18)31/h3,5-6,8-11,14-15,20,23,25H,4,7,12-13H2,1-2H3/t20-,23-,25-/m1/s1. The molecule has 10 heteroatoms. The summed E-state index contributed by atoms with van der Waals surface area (Å²) < 4.78 is 50.4. The quantitative estimate of drug-likeness (QED) is 0.440. The van der Waals surface area contributed by atoms with Crippen molar-refractivity contribution in [1.29, 1.82) is 0 Å². The lowest BCUT2D eigenvalue weighted by molar-refractivity contribution is -0.135. The van der Waals surface area contributed by atoms with Crippen molar-refractivity contribution < 1.29 is 27.5 Å². The highest BCUT2D eigenvalue weighted by molar-refractivity contribution is 5.97. The molecule has 0 unspecified atom stereocenters. The van der Waals surface area contributed by atoms with Crippen LogP contribution in [0.25, 0.3) is 0 Å². The van der Waals surface area contributed by atoms with Crippen LogP contribution in [0.5, 0.6) is 5.75 Å². The van der Waals surface area contributed by atoms with Crippen molar-refractivity contribution >= 4 is 11.9 Å². The van der Waals surface area contributed by atoms with Crippen LogP contribution < -0.4 is 10.2 Å². The third kappa shape index (κ3) is 4.48. The van der Waals surface area contributed by atoms with Gasteiger partial charge in [0.05, 0.1) is 18.3 Å². The van der Waals surface area contributed by atoms with Crippen LogP contribution in [0.4, 0.5) is 13.2 Å². The predicted octanol–water partition coefficient (Wildman–Crippen LogP) is 4.60. The smallest absolute Gasteiger partial charge is 0.311 e. The molecule has 7 nitrogen and oxygen atoms in total. The highest BCUT2D eigenvalue weighted by Gasteiger charge is 2.49. The van der Waals surface area contributed by atoms with E-state index in [2.05, 4.69) is 5.10 Å². The van der Waals surface area contributed by atoms with Crippen molar-refractivity contribution in [3.05, 3.63) is 93.2 Å². The molecule has 1 fully saturated rings. The maximum atomic E-state index is 15.3. The van der Waals surface area contributed by atoms with Gasteiger partial charge in [0, 0.05) is 24.4 Å². The molecule has 0 radical (unpaired) electrons. The Labute approximate surface area is 216 Å². The monoisotopic (exact) mass is 525 g/mol. The molecule has 1 aromatic heterocycles. The van der Waals surface area contributed by atoms with E-state index in [-0.39, 0.29) is 23.6 Å². The molecule has 1 saturated heterocycles. The summed E-state index contributed by atoms with van der Waals surface area (Å²) in [5, 5.41) is 4.26. The summed E-state index contributed by atoms with van der Waals surface area (Å²) in [6.45, 7) is 3.99. The Kier molecular flexibility index (Phi) is 6.81. The zero-order chi connectivity index (χ0) is 27.1.